The maximum absolute atomic E-state index is 5.98. The maximum atomic E-state index is 5.98. The number of hydrogen-bond donors (Lipinski definition) is 2. The smallest absolute Gasteiger partial charge is 0.148 e. The second-order valence-electron chi connectivity index (χ2n) is 3.74. The second-order valence-corrected chi connectivity index (χ2v) is 4.15. The Morgan fingerprint density at radius 1 is 1.40 bits per heavy atom. The molecule has 1 atom stereocenters. The van der Waals surface area contributed by atoms with Gasteiger partial charge in [-0.1, -0.05) is 11.6 Å². The Labute approximate surface area is 94.5 Å². The minimum absolute atomic E-state index is 0.465. The molecule has 1 aliphatic heterocycles. The zero-order valence-corrected chi connectivity index (χ0v) is 9.30. The molecular weight excluding hydrogens is 212 g/mol. The van der Waals surface area contributed by atoms with E-state index >= 15 is 0 Å². The van der Waals surface area contributed by atoms with Gasteiger partial charge in [-0.25, -0.2) is 9.97 Å². The summed E-state index contributed by atoms with van der Waals surface area (Å²) in [6.45, 7) is 2.16. The van der Waals surface area contributed by atoms with Crippen LogP contribution in [0.15, 0.2) is 12.5 Å². The Balaban J connectivity index is 1.98. The third kappa shape index (κ3) is 3.04. The van der Waals surface area contributed by atoms with Crippen molar-refractivity contribution < 1.29 is 0 Å². The molecule has 15 heavy (non-hydrogen) atoms. The summed E-state index contributed by atoms with van der Waals surface area (Å²) in [4.78, 5) is 7.99. The molecule has 2 rings (SSSR count). The van der Waals surface area contributed by atoms with Gasteiger partial charge in [0, 0.05) is 6.04 Å². The minimum Gasteiger partial charge on any atom is -0.366 e. The van der Waals surface area contributed by atoms with Gasteiger partial charge in [0.25, 0.3) is 0 Å². The first-order valence-electron chi connectivity index (χ1n) is 5.29. The Kier molecular flexibility index (Phi) is 3.75. The summed E-state index contributed by atoms with van der Waals surface area (Å²) in [5.74, 6) is 0.749. The van der Waals surface area contributed by atoms with Crippen LogP contribution in [0, 0.1) is 0 Å². The van der Waals surface area contributed by atoms with Gasteiger partial charge in [0.05, 0.1) is 6.20 Å². The molecule has 0 aliphatic carbocycles. The van der Waals surface area contributed by atoms with Crippen molar-refractivity contribution in [1.82, 2.24) is 15.3 Å². The lowest BCUT2D eigenvalue weighted by atomic mass is 10.1. The molecule has 1 aromatic heterocycles. The quantitative estimate of drug-likeness (QED) is 0.806. The van der Waals surface area contributed by atoms with E-state index in [0.717, 1.165) is 31.7 Å². The van der Waals surface area contributed by atoms with Gasteiger partial charge < -0.3 is 10.6 Å². The van der Waals surface area contributed by atoms with Gasteiger partial charge in [-0.05, 0) is 32.4 Å². The molecule has 5 heteroatoms. The number of halogens is 1. The predicted octanol–water partition coefficient (Wildman–Crippen LogP) is 1.68. The van der Waals surface area contributed by atoms with E-state index in [1.54, 1.807) is 6.20 Å². The van der Waals surface area contributed by atoms with E-state index in [4.69, 9.17) is 11.6 Å². The molecule has 1 aromatic rings. The highest BCUT2D eigenvalue weighted by molar-refractivity contribution is 6.32. The number of nitrogens with zero attached hydrogens (tertiary/aromatic N) is 2. The summed E-state index contributed by atoms with van der Waals surface area (Å²) in [7, 11) is 0. The molecule has 0 spiro atoms. The zero-order chi connectivity index (χ0) is 10.5. The lowest BCUT2D eigenvalue weighted by Gasteiger charge is -2.16. The van der Waals surface area contributed by atoms with Gasteiger partial charge in [0.15, 0.2) is 0 Å². The number of aromatic nitrogens is 2. The van der Waals surface area contributed by atoms with E-state index in [0.29, 0.717) is 11.1 Å². The molecule has 1 fully saturated rings. The van der Waals surface area contributed by atoms with Crippen LogP contribution in [-0.2, 0) is 0 Å². The van der Waals surface area contributed by atoms with Crippen molar-refractivity contribution in [3.05, 3.63) is 17.5 Å². The summed E-state index contributed by atoms with van der Waals surface area (Å²) < 4.78 is 0. The normalized spacial score (nSPS) is 22.1. The predicted molar refractivity (Wildman–Crippen MR) is 61.2 cm³/mol. The van der Waals surface area contributed by atoms with E-state index in [-0.39, 0.29) is 0 Å². The van der Waals surface area contributed by atoms with Gasteiger partial charge in [0.1, 0.15) is 17.2 Å². The lowest BCUT2D eigenvalue weighted by molar-refractivity contribution is 0.635. The van der Waals surface area contributed by atoms with Gasteiger partial charge in [0.2, 0.25) is 0 Å². The molecule has 1 aliphatic rings. The standard InChI is InChI=1S/C10H15ClN4/c11-9-6-13-7-14-10(9)15-8-2-1-4-12-5-3-8/h6-8,12H,1-5H2,(H,13,14,15). The number of anilines is 1. The molecule has 0 saturated carbocycles. The van der Waals surface area contributed by atoms with Crippen molar-refractivity contribution in [2.75, 3.05) is 18.4 Å². The summed E-state index contributed by atoms with van der Waals surface area (Å²) >= 11 is 5.98. The van der Waals surface area contributed by atoms with E-state index in [1.807, 2.05) is 0 Å². The van der Waals surface area contributed by atoms with E-state index in [2.05, 4.69) is 20.6 Å². The first-order chi connectivity index (χ1) is 7.36. The van der Waals surface area contributed by atoms with Crippen molar-refractivity contribution in [3.8, 4) is 0 Å². The monoisotopic (exact) mass is 226 g/mol. The zero-order valence-electron chi connectivity index (χ0n) is 8.54. The third-order valence-corrected chi connectivity index (χ3v) is 2.86. The van der Waals surface area contributed by atoms with Crippen LogP contribution < -0.4 is 10.6 Å². The van der Waals surface area contributed by atoms with Crippen LogP contribution in [0.5, 0.6) is 0 Å². The van der Waals surface area contributed by atoms with Crippen LogP contribution in [0.2, 0.25) is 5.02 Å². The second kappa shape index (κ2) is 5.28. The van der Waals surface area contributed by atoms with Crippen LogP contribution in [0.3, 0.4) is 0 Å². The largest absolute Gasteiger partial charge is 0.366 e. The Bertz CT molecular complexity index is 310. The average molecular weight is 227 g/mol. The SMILES string of the molecule is Clc1cncnc1NC1CCCNCC1. The molecule has 0 bridgehead atoms. The molecule has 0 amide bonds. The number of rotatable bonds is 2. The van der Waals surface area contributed by atoms with Crippen LogP contribution >= 0.6 is 11.6 Å². The fourth-order valence-electron chi connectivity index (χ4n) is 1.78. The van der Waals surface area contributed by atoms with Crippen LogP contribution in [0.4, 0.5) is 5.82 Å². The van der Waals surface area contributed by atoms with Gasteiger partial charge in [-0.2, -0.15) is 0 Å². The summed E-state index contributed by atoms with van der Waals surface area (Å²) in [6, 6.07) is 0.465. The van der Waals surface area contributed by atoms with Crippen LogP contribution in [0.25, 0.3) is 0 Å². The molecule has 1 saturated heterocycles. The first kappa shape index (κ1) is 10.6. The lowest BCUT2D eigenvalue weighted by Crippen LogP contribution is -2.22. The molecule has 0 radical (unpaired) electrons. The van der Waals surface area contributed by atoms with Crippen molar-refractivity contribution in [2.24, 2.45) is 0 Å². The molecule has 82 valence electrons. The van der Waals surface area contributed by atoms with E-state index in [1.165, 1.54) is 12.7 Å². The van der Waals surface area contributed by atoms with Gasteiger partial charge in [-0.3, -0.25) is 0 Å². The molecular formula is C10H15ClN4. The fourth-order valence-corrected chi connectivity index (χ4v) is 1.94. The summed E-state index contributed by atoms with van der Waals surface area (Å²) in [5, 5.41) is 7.33. The summed E-state index contributed by atoms with van der Waals surface area (Å²) in [5.41, 5.74) is 0. The molecule has 2 heterocycles. The van der Waals surface area contributed by atoms with Crippen LogP contribution in [-0.4, -0.2) is 29.1 Å². The Morgan fingerprint density at radius 3 is 3.20 bits per heavy atom. The third-order valence-electron chi connectivity index (χ3n) is 2.58. The van der Waals surface area contributed by atoms with Crippen LogP contribution in [0.1, 0.15) is 19.3 Å². The van der Waals surface area contributed by atoms with Crippen molar-refractivity contribution in [3.63, 3.8) is 0 Å². The summed E-state index contributed by atoms with van der Waals surface area (Å²) in [6.07, 6.45) is 6.60. The van der Waals surface area contributed by atoms with Gasteiger partial charge in [-0.15, -0.1) is 0 Å². The maximum Gasteiger partial charge on any atom is 0.148 e. The highest BCUT2D eigenvalue weighted by Gasteiger charge is 2.13. The average Bonchev–Trinajstić information content (AvgIpc) is 2.50. The Hall–Kier alpha value is -0.870. The van der Waals surface area contributed by atoms with Crippen molar-refractivity contribution in [2.45, 2.75) is 25.3 Å². The van der Waals surface area contributed by atoms with E-state index < -0.39 is 0 Å². The topological polar surface area (TPSA) is 49.8 Å². The minimum atomic E-state index is 0.465. The highest BCUT2D eigenvalue weighted by Crippen LogP contribution is 2.19. The highest BCUT2D eigenvalue weighted by atomic mass is 35.5. The van der Waals surface area contributed by atoms with E-state index in [9.17, 15) is 0 Å². The molecule has 2 N–H and O–H groups in total. The first-order valence-corrected chi connectivity index (χ1v) is 5.67. The van der Waals surface area contributed by atoms with Crippen molar-refractivity contribution >= 4 is 17.4 Å². The fraction of sp³-hybridized carbons (Fsp3) is 0.600. The number of nitrogens with one attached hydrogen (secondary N) is 2. The number of hydrogen-bond acceptors (Lipinski definition) is 4. The molecule has 4 nitrogen and oxygen atoms in total. The Morgan fingerprint density at radius 2 is 2.33 bits per heavy atom. The molecule has 1 unspecified atom stereocenters. The molecule has 0 aromatic carbocycles. The van der Waals surface area contributed by atoms with Crippen molar-refractivity contribution in [1.29, 1.82) is 0 Å². The van der Waals surface area contributed by atoms with Gasteiger partial charge >= 0.3 is 0 Å².